The molecular weight excluding hydrogens is 320 g/mol. The predicted molar refractivity (Wildman–Crippen MR) is 110 cm³/mol. The Morgan fingerprint density at radius 2 is 1.58 bits per heavy atom. The Morgan fingerprint density at radius 1 is 0.923 bits per heavy atom. The third-order valence-electron chi connectivity index (χ3n) is 5.71. The fourth-order valence-corrected chi connectivity index (χ4v) is 3.86. The molecule has 136 valence electrons. The van der Waals surface area contributed by atoms with Crippen LogP contribution in [0.5, 0.6) is 0 Å². The van der Waals surface area contributed by atoms with E-state index in [0.717, 1.165) is 37.5 Å². The number of aryl methyl sites for hydroxylation is 3. The summed E-state index contributed by atoms with van der Waals surface area (Å²) in [6, 6.07) is 13.2. The van der Waals surface area contributed by atoms with Crippen molar-refractivity contribution in [2.75, 3.05) is 23.7 Å². The van der Waals surface area contributed by atoms with Crippen LogP contribution in [0.15, 0.2) is 41.4 Å². The maximum atomic E-state index is 5.03. The van der Waals surface area contributed by atoms with Crippen LogP contribution in [0.1, 0.15) is 35.1 Å². The number of rotatable bonds is 2. The summed E-state index contributed by atoms with van der Waals surface area (Å²) >= 11 is 0. The highest BCUT2D eigenvalue weighted by Crippen LogP contribution is 2.37. The smallest absolute Gasteiger partial charge is 0.127 e. The van der Waals surface area contributed by atoms with E-state index in [4.69, 9.17) is 4.99 Å². The first-order valence-electron chi connectivity index (χ1n) is 9.53. The normalized spacial score (nSPS) is 19.7. The van der Waals surface area contributed by atoms with Gasteiger partial charge in [-0.25, -0.2) is 0 Å². The van der Waals surface area contributed by atoms with Gasteiger partial charge in [-0.05, 0) is 75.5 Å². The Labute approximate surface area is 156 Å². The van der Waals surface area contributed by atoms with Gasteiger partial charge in [0.2, 0.25) is 0 Å². The first-order chi connectivity index (χ1) is 12.6. The van der Waals surface area contributed by atoms with E-state index < -0.39 is 0 Å². The summed E-state index contributed by atoms with van der Waals surface area (Å²) in [5, 5.41) is 11.0. The second kappa shape index (κ2) is 6.76. The van der Waals surface area contributed by atoms with Gasteiger partial charge in [0, 0.05) is 0 Å². The SMILES string of the molecule is Cc1ccc(CN=C2Nc3cc(C)c(C)cc3NC23CCNCC3)cc1. The number of benzene rings is 2. The summed E-state index contributed by atoms with van der Waals surface area (Å²) in [5.74, 6) is 1.08. The number of aliphatic imine (C=N–C) groups is 1. The molecule has 3 N–H and O–H groups in total. The van der Waals surface area contributed by atoms with Gasteiger partial charge in [0.25, 0.3) is 0 Å². The minimum atomic E-state index is -0.0926. The molecule has 0 aliphatic carbocycles. The van der Waals surface area contributed by atoms with Crippen LogP contribution in [0, 0.1) is 20.8 Å². The van der Waals surface area contributed by atoms with E-state index in [-0.39, 0.29) is 5.54 Å². The van der Waals surface area contributed by atoms with Gasteiger partial charge in [0.1, 0.15) is 5.84 Å². The van der Waals surface area contributed by atoms with E-state index in [0.29, 0.717) is 6.54 Å². The van der Waals surface area contributed by atoms with Crippen molar-refractivity contribution in [1.82, 2.24) is 5.32 Å². The molecule has 0 amide bonds. The van der Waals surface area contributed by atoms with Gasteiger partial charge >= 0.3 is 0 Å². The zero-order valence-corrected chi connectivity index (χ0v) is 15.9. The molecule has 26 heavy (non-hydrogen) atoms. The summed E-state index contributed by atoms with van der Waals surface area (Å²) in [7, 11) is 0. The van der Waals surface area contributed by atoms with Gasteiger partial charge in [-0.15, -0.1) is 0 Å². The largest absolute Gasteiger partial charge is 0.371 e. The van der Waals surface area contributed by atoms with Gasteiger partial charge in [-0.2, -0.15) is 0 Å². The molecule has 2 aliphatic heterocycles. The highest BCUT2D eigenvalue weighted by molar-refractivity contribution is 6.09. The Morgan fingerprint density at radius 3 is 2.27 bits per heavy atom. The Kier molecular flexibility index (Phi) is 4.45. The van der Waals surface area contributed by atoms with E-state index in [1.54, 1.807) is 0 Å². The van der Waals surface area contributed by atoms with Crippen molar-refractivity contribution in [3.8, 4) is 0 Å². The van der Waals surface area contributed by atoms with Crippen LogP contribution in [0.4, 0.5) is 11.4 Å². The van der Waals surface area contributed by atoms with Crippen molar-refractivity contribution < 1.29 is 0 Å². The van der Waals surface area contributed by atoms with Gasteiger partial charge in [-0.1, -0.05) is 29.8 Å². The van der Waals surface area contributed by atoms with Crippen molar-refractivity contribution >= 4 is 17.2 Å². The third kappa shape index (κ3) is 3.21. The van der Waals surface area contributed by atoms with Gasteiger partial charge in [0.15, 0.2) is 0 Å². The molecule has 4 nitrogen and oxygen atoms in total. The third-order valence-corrected chi connectivity index (χ3v) is 5.71. The highest BCUT2D eigenvalue weighted by Gasteiger charge is 2.41. The molecule has 0 aromatic heterocycles. The molecule has 0 radical (unpaired) electrons. The predicted octanol–water partition coefficient (Wildman–Crippen LogP) is 4.17. The van der Waals surface area contributed by atoms with Crippen LogP contribution in [0.25, 0.3) is 0 Å². The number of amidine groups is 1. The standard InChI is InChI=1S/C22H28N4/c1-15-4-6-18(7-5-15)14-24-21-22(8-10-23-11-9-22)26-20-13-17(3)16(2)12-19(20)25-21/h4-7,12-13,23,26H,8-11,14H2,1-3H3,(H,24,25). The number of nitrogens with one attached hydrogen (secondary N) is 3. The summed E-state index contributed by atoms with van der Waals surface area (Å²) in [4.78, 5) is 5.03. The molecule has 0 saturated carbocycles. The molecule has 2 heterocycles. The molecule has 1 spiro atoms. The minimum Gasteiger partial charge on any atom is -0.371 e. The van der Waals surface area contributed by atoms with E-state index >= 15 is 0 Å². The van der Waals surface area contributed by atoms with Crippen LogP contribution >= 0.6 is 0 Å². The molecular formula is C22H28N4. The molecule has 0 atom stereocenters. The molecule has 1 fully saturated rings. The molecule has 4 heteroatoms. The van der Waals surface area contributed by atoms with Crippen molar-refractivity contribution in [3.05, 3.63) is 58.7 Å². The molecule has 4 rings (SSSR count). The van der Waals surface area contributed by atoms with Crippen LogP contribution in [-0.2, 0) is 6.54 Å². The summed E-state index contributed by atoms with van der Waals surface area (Å²) in [6.45, 7) is 9.19. The van der Waals surface area contributed by atoms with Gasteiger partial charge in [-0.3, -0.25) is 4.99 Å². The minimum absolute atomic E-state index is 0.0926. The molecule has 2 aromatic rings. The van der Waals surface area contributed by atoms with Crippen LogP contribution in [0.2, 0.25) is 0 Å². The number of nitrogens with zero attached hydrogens (tertiary/aromatic N) is 1. The van der Waals surface area contributed by atoms with Crippen LogP contribution in [-0.4, -0.2) is 24.5 Å². The second-order valence-electron chi connectivity index (χ2n) is 7.71. The van der Waals surface area contributed by atoms with Crippen molar-refractivity contribution in [3.63, 3.8) is 0 Å². The molecule has 2 aliphatic rings. The van der Waals surface area contributed by atoms with E-state index in [1.807, 2.05) is 0 Å². The maximum absolute atomic E-state index is 5.03. The Hall–Kier alpha value is -2.33. The van der Waals surface area contributed by atoms with E-state index in [9.17, 15) is 0 Å². The lowest BCUT2D eigenvalue weighted by Crippen LogP contribution is -2.57. The van der Waals surface area contributed by atoms with Crippen molar-refractivity contribution in [2.24, 2.45) is 4.99 Å². The van der Waals surface area contributed by atoms with Crippen LogP contribution < -0.4 is 16.0 Å². The van der Waals surface area contributed by atoms with Crippen molar-refractivity contribution in [1.29, 1.82) is 0 Å². The van der Waals surface area contributed by atoms with E-state index in [2.05, 4.69) is 73.1 Å². The topological polar surface area (TPSA) is 48.5 Å². The first-order valence-corrected chi connectivity index (χ1v) is 9.53. The molecule has 0 bridgehead atoms. The zero-order valence-electron chi connectivity index (χ0n) is 15.9. The lowest BCUT2D eigenvalue weighted by atomic mass is 9.84. The number of anilines is 2. The zero-order chi connectivity index (χ0) is 18.1. The lowest BCUT2D eigenvalue weighted by Gasteiger charge is -2.44. The maximum Gasteiger partial charge on any atom is 0.127 e. The molecule has 0 unspecified atom stereocenters. The summed E-state index contributed by atoms with van der Waals surface area (Å²) in [6.07, 6.45) is 2.08. The van der Waals surface area contributed by atoms with Crippen LogP contribution in [0.3, 0.4) is 0 Å². The average molecular weight is 348 g/mol. The number of piperidine rings is 1. The van der Waals surface area contributed by atoms with E-state index in [1.165, 1.54) is 27.9 Å². The fraction of sp³-hybridized carbons (Fsp3) is 0.409. The second-order valence-corrected chi connectivity index (χ2v) is 7.71. The van der Waals surface area contributed by atoms with Gasteiger partial charge in [0.05, 0.1) is 23.5 Å². The highest BCUT2D eigenvalue weighted by atomic mass is 15.2. The number of hydrogen-bond donors (Lipinski definition) is 3. The Bertz CT molecular complexity index is 830. The number of hydrogen-bond acceptors (Lipinski definition) is 3. The number of fused-ring (bicyclic) bond motifs is 1. The fourth-order valence-electron chi connectivity index (χ4n) is 3.86. The Balaban J connectivity index is 1.68. The first kappa shape index (κ1) is 17.1. The van der Waals surface area contributed by atoms with Gasteiger partial charge < -0.3 is 16.0 Å². The lowest BCUT2D eigenvalue weighted by molar-refractivity contribution is 0.419. The monoisotopic (exact) mass is 348 g/mol. The summed E-state index contributed by atoms with van der Waals surface area (Å²) in [5.41, 5.74) is 7.40. The molecule has 1 saturated heterocycles. The average Bonchev–Trinajstić information content (AvgIpc) is 2.64. The van der Waals surface area contributed by atoms with Crippen molar-refractivity contribution in [2.45, 2.75) is 45.7 Å². The summed E-state index contributed by atoms with van der Waals surface area (Å²) < 4.78 is 0. The molecule has 2 aromatic carbocycles. The quantitative estimate of drug-likeness (QED) is 0.763.